The van der Waals surface area contributed by atoms with Crippen LogP contribution in [0.25, 0.3) is 0 Å². The maximum Gasteiger partial charge on any atom is 0.237 e. The Kier molecular flexibility index (Phi) is 4.40. The molecular formula is C13H24N2O2. The number of amides is 1. The van der Waals surface area contributed by atoms with Crippen molar-refractivity contribution in [1.82, 2.24) is 10.6 Å². The third kappa shape index (κ3) is 4.28. The molecule has 2 rings (SSSR count). The molecule has 1 amide bonds. The standard InChI is InChI=1S/C13H24N2O2/c1-9(13(17)15-11-4-5-11)14-8-10-2-6-12(16)7-3-10/h9-12,14,16H,2-8H2,1H3,(H,15,17). The second-order valence-electron chi connectivity index (χ2n) is 5.59. The lowest BCUT2D eigenvalue weighted by atomic mass is 9.87. The minimum absolute atomic E-state index is 0.0950. The molecule has 0 aromatic heterocycles. The Balaban J connectivity index is 1.61. The van der Waals surface area contributed by atoms with Crippen molar-refractivity contribution >= 4 is 5.91 Å². The Hall–Kier alpha value is -0.610. The largest absolute Gasteiger partial charge is 0.393 e. The van der Waals surface area contributed by atoms with E-state index in [-0.39, 0.29) is 18.1 Å². The molecule has 0 heterocycles. The number of hydrogen-bond acceptors (Lipinski definition) is 3. The molecule has 17 heavy (non-hydrogen) atoms. The van der Waals surface area contributed by atoms with Crippen LogP contribution < -0.4 is 10.6 Å². The summed E-state index contributed by atoms with van der Waals surface area (Å²) in [6, 6.07) is 0.346. The van der Waals surface area contributed by atoms with Gasteiger partial charge in [-0.2, -0.15) is 0 Å². The fourth-order valence-corrected chi connectivity index (χ4v) is 2.34. The maximum absolute atomic E-state index is 11.7. The van der Waals surface area contributed by atoms with E-state index in [4.69, 9.17) is 0 Å². The van der Waals surface area contributed by atoms with Crippen LogP contribution in [-0.2, 0) is 4.79 Å². The summed E-state index contributed by atoms with van der Waals surface area (Å²) in [5.41, 5.74) is 0. The van der Waals surface area contributed by atoms with Gasteiger partial charge >= 0.3 is 0 Å². The van der Waals surface area contributed by atoms with Gasteiger partial charge in [-0.3, -0.25) is 4.79 Å². The normalized spacial score (nSPS) is 30.9. The number of nitrogens with one attached hydrogen (secondary N) is 2. The van der Waals surface area contributed by atoms with E-state index in [1.54, 1.807) is 0 Å². The molecule has 4 nitrogen and oxygen atoms in total. The van der Waals surface area contributed by atoms with Gasteiger partial charge in [-0.1, -0.05) is 0 Å². The van der Waals surface area contributed by atoms with Crippen LogP contribution in [0.4, 0.5) is 0 Å². The molecule has 2 aliphatic rings. The molecule has 2 saturated carbocycles. The number of carbonyl (C=O) groups excluding carboxylic acids is 1. The Bertz CT molecular complexity index is 258. The second-order valence-corrected chi connectivity index (χ2v) is 5.59. The highest BCUT2D eigenvalue weighted by atomic mass is 16.3. The lowest BCUT2D eigenvalue weighted by Crippen LogP contribution is -2.44. The first-order valence-electron chi connectivity index (χ1n) is 6.87. The van der Waals surface area contributed by atoms with E-state index in [1.807, 2.05) is 6.92 Å². The number of aliphatic hydroxyl groups is 1. The Morgan fingerprint density at radius 2 is 1.88 bits per heavy atom. The fourth-order valence-electron chi connectivity index (χ4n) is 2.34. The topological polar surface area (TPSA) is 61.4 Å². The van der Waals surface area contributed by atoms with Crippen LogP contribution in [0.5, 0.6) is 0 Å². The molecule has 1 atom stereocenters. The van der Waals surface area contributed by atoms with E-state index >= 15 is 0 Å². The Labute approximate surface area is 103 Å². The zero-order valence-corrected chi connectivity index (χ0v) is 10.6. The van der Waals surface area contributed by atoms with E-state index in [2.05, 4.69) is 10.6 Å². The quantitative estimate of drug-likeness (QED) is 0.666. The molecule has 0 aromatic carbocycles. The Morgan fingerprint density at radius 3 is 2.47 bits per heavy atom. The van der Waals surface area contributed by atoms with Crippen LogP contribution >= 0.6 is 0 Å². The van der Waals surface area contributed by atoms with Crippen LogP contribution in [0.3, 0.4) is 0 Å². The summed E-state index contributed by atoms with van der Waals surface area (Å²) in [4.78, 5) is 11.7. The molecular weight excluding hydrogens is 216 g/mol. The predicted octanol–water partition coefficient (Wildman–Crippen LogP) is 0.794. The SMILES string of the molecule is CC(NCC1CCC(O)CC1)C(=O)NC1CC1. The van der Waals surface area contributed by atoms with Crippen molar-refractivity contribution in [2.75, 3.05) is 6.54 Å². The lowest BCUT2D eigenvalue weighted by Gasteiger charge is -2.26. The summed E-state index contributed by atoms with van der Waals surface area (Å²) in [6.45, 7) is 2.82. The lowest BCUT2D eigenvalue weighted by molar-refractivity contribution is -0.122. The third-order valence-corrected chi connectivity index (χ3v) is 3.85. The van der Waals surface area contributed by atoms with Crippen molar-refractivity contribution in [1.29, 1.82) is 0 Å². The summed E-state index contributed by atoms with van der Waals surface area (Å²) in [6.07, 6.45) is 6.15. The number of carbonyl (C=O) groups is 1. The molecule has 2 fully saturated rings. The van der Waals surface area contributed by atoms with Crippen molar-refractivity contribution in [2.45, 2.75) is 63.6 Å². The molecule has 1 unspecified atom stereocenters. The molecule has 4 heteroatoms. The summed E-state index contributed by atoms with van der Waals surface area (Å²) in [7, 11) is 0. The van der Waals surface area contributed by atoms with Crippen LogP contribution in [-0.4, -0.2) is 35.7 Å². The minimum atomic E-state index is -0.0955. The molecule has 0 saturated heterocycles. The highest BCUT2D eigenvalue weighted by Gasteiger charge is 2.26. The van der Waals surface area contributed by atoms with Crippen LogP contribution in [0.2, 0.25) is 0 Å². The fraction of sp³-hybridized carbons (Fsp3) is 0.923. The summed E-state index contributed by atoms with van der Waals surface area (Å²) in [5.74, 6) is 0.748. The maximum atomic E-state index is 11.7. The van der Waals surface area contributed by atoms with Crippen molar-refractivity contribution in [3.05, 3.63) is 0 Å². The van der Waals surface area contributed by atoms with Gasteiger partial charge in [-0.05, 0) is 57.9 Å². The zero-order valence-electron chi connectivity index (χ0n) is 10.6. The van der Waals surface area contributed by atoms with Gasteiger partial charge in [0, 0.05) is 6.04 Å². The van der Waals surface area contributed by atoms with Crippen LogP contribution in [0.1, 0.15) is 45.4 Å². The average molecular weight is 240 g/mol. The predicted molar refractivity (Wildman–Crippen MR) is 66.6 cm³/mol. The van der Waals surface area contributed by atoms with Crippen LogP contribution in [0, 0.1) is 5.92 Å². The number of hydrogen-bond donors (Lipinski definition) is 3. The van der Waals surface area contributed by atoms with E-state index in [9.17, 15) is 9.90 Å². The van der Waals surface area contributed by atoms with E-state index in [0.717, 1.165) is 45.1 Å². The van der Waals surface area contributed by atoms with E-state index in [1.165, 1.54) is 0 Å². The number of aliphatic hydroxyl groups excluding tert-OH is 1. The van der Waals surface area contributed by atoms with Gasteiger partial charge in [0.05, 0.1) is 12.1 Å². The Morgan fingerprint density at radius 1 is 1.24 bits per heavy atom. The second kappa shape index (κ2) is 5.83. The zero-order chi connectivity index (χ0) is 12.3. The molecule has 0 spiro atoms. The first-order chi connectivity index (χ1) is 8.15. The highest BCUT2D eigenvalue weighted by Crippen LogP contribution is 2.23. The first kappa shape index (κ1) is 12.8. The van der Waals surface area contributed by atoms with Gasteiger partial charge in [-0.25, -0.2) is 0 Å². The molecule has 98 valence electrons. The van der Waals surface area contributed by atoms with Gasteiger partial charge in [0.15, 0.2) is 0 Å². The number of rotatable bonds is 5. The first-order valence-corrected chi connectivity index (χ1v) is 6.87. The molecule has 3 N–H and O–H groups in total. The van der Waals surface area contributed by atoms with Crippen molar-refractivity contribution < 1.29 is 9.90 Å². The van der Waals surface area contributed by atoms with Gasteiger partial charge in [0.2, 0.25) is 5.91 Å². The van der Waals surface area contributed by atoms with Crippen molar-refractivity contribution in [3.8, 4) is 0 Å². The summed E-state index contributed by atoms with van der Waals surface area (Å²) >= 11 is 0. The van der Waals surface area contributed by atoms with E-state index in [0.29, 0.717) is 12.0 Å². The van der Waals surface area contributed by atoms with Crippen molar-refractivity contribution in [3.63, 3.8) is 0 Å². The summed E-state index contributed by atoms with van der Waals surface area (Å²) in [5, 5.41) is 15.7. The van der Waals surface area contributed by atoms with Crippen LogP contribution in [0.15, 0.2) is 0 Å². The van der Waals surface area contributed by atoms with Gasteiger partial charge in [0.1, 0.15) is 0 Å². The third-order valence-electron chi connectivity index (χ3n) is 3.85. The van der Waals surface area contributed by atoms with E-state index < -0.39 is 0 Å². The monoisotopic (exact) mass is 240 g/mol. The molecule has 0 aromatic rings. The van der Waals surface area contributed by atoms with Crippen molar-refractivity contribution in [2.24, 2.45) is 5.92 Å². The molecule has 0 aliphatic heterocycles. The summed E-state index contributed by atoms with van der Waals surface area (Å²) < 4.78 is 0. The molecule has 0 radical (unpaired) electrons. The minimum Gasteiger partial charge on any atom is -0.393 e. The van der Waals surface area contributed by atoms with Gasteiger partial charge < -0.3 is 15.7 Å². The highest BCUT2D eigenvalue weighted by molar-refractivity contribution is 5.81. The average Bonchev–Trinajstić information content (AvgIpc) is 3.11. The van der Waals surface area contributed by atoms with Gasteiger partial charge in [0.25, 0.3) is 0 Å². The smallest absolute Gasteiger partial charge is 0.237 e. The molecule has 2 aliphatic carbocycles. The van der Waals surface area contributed by atoms with Gasteiger partial charge in [-0.15, -0.1) is 0 Å². The molecule has 0 bridgehead atoms.